The standard InChI is InChI=1S/C36H59N5O5/c1-4-7-8-9-10-11-12-13-14-15-16-17-18-22-33(42)38-25-20-19-21-31(35(44)40-37)39-34(43)30-26-28-23-24-29(41(5-2)6-3)27-32(28)46-36(30)45/h23-24,26-27,31H,4-22,25,37H2,1-3H3,(H,38,42)(H,39,43)(H,40,44). The van der Waals surface area contributed by atoms with E-state index in [0.717, 1.165) is 31.6 Å². The fraction of sp³-hybridized carbons (Fsp3) is 0.667. The van der Waals surface area contributed by atoms with E-state index in [4.69, 9.17) is 10.3 Å². The van der Waals surface area contributed by atoms with Crippen LogP contribution in [0.5, 0.6) is 0 Å². The number of hydrazine groups is 1. The number of rotatable bonds is 25. The van der Waals surface area contributed by atoms with Crippen LogP contribution in [0.3, 0.4) is 0 Å². The summed E-state index contributed by atoms with van der Waals surface area (Å²) in [5.41, 5.74) is 2.43. The molecule has 0 saturated heterocycles. The topological polar surface area (TPSA) is 147 Å². The van der Waals surface area contributed by atoms with Gasteiger partial charge in [-0.3, -0.25) is 19.8 Å². The Bertz CT molecular complexity index is 1240. The number of fused-ring (bicyclic) bond motifs is 1. The lowest BCUT2D eigenvalue weighted by Gasteiger charge is -2.21. The second-order valence-electron chi connectivity index (χ2n) is 12.2. The molecule has 2 rings (SSSR count). The number of carbonyl (C=O) groups excluding carboxylic acids is 3. The van der Waals surface area contributed by atoms with Crippen LogP contribution in [0.1, 0.15) is 140 Å². The Kier molecular flexibility index (Phi) is 19.4. The SMILES string of the molecule is CCCCCCCCCCCCCCCC(=O)NCCCCC(NC(=O)c1cc2ccc(N(CC)CC)cc2oc1=O)C(=O)NN. The molecule has 0 aliphatic rings. The van der Waals surface area contributed by atoms with Crippen LogP contribution in [0, 0.1) is 0 Å². The molecule has 0 aliphatic heterocycles. The number of nitrogens with two attached hydrogens (primary N) is 1. The average molecular weight is 642 g/mol. The van der Waals surface area contributed by atoms with E-state index in [-0.39, 0.29) is 11.5 Å². The minimum atomic E-state index is -0.931. The normalized spacial score (nSPS) is 11.7. The fourth-order valence-corrected chi connectivity index (χ4v) is 5.74. The summed E-state index contributed by atoms with van der Waals surface area (Å²) in [7, 11) is 0. The van der Waals surface area contributed by atoms with Crippen molar-refractivity contribution in [2.75, 3.05) is 24.5 Å². The van der Waals surface area contributed by atoms with Crippen LogP contribution in [-0.4, -0.2) is 43.4 Å². The molecule has 46 heavy (non-hydrogen) atoms. The lowest BCUT2D eigenvalue weighted by Crippen LogP contribution is -2.49. The summed E-state index contributed by atoms with van der Waals surface area (Å²) in [6.07, 6.45) is 18.6. The third-order valence-electron chi connectivity index (χ3n) is 8.61. The Hall–Kier alpha value is -3.40. The minimum absolute atomic E-state index is 0.0415. The maximum atomic E-state index is 13.0. The molecule has 10 nitrogen and oxygen atoms in total. The van der Waals surface area contributed by atoms with Crippen molar-refractivity contribution in [3.8, 4) is 0 Å². The molecule has 10 heteroatoms. The largest absolute Gasteiger partial charge is 0.422 e. The zero-order valence-corrected chi connectivity index (χ0v) is 28.6. The first-order valence-electron chi connectivity index (χ1n) is 17.7. The number of nitrogens with one attached hydrogen (secondary N) is 3. The summed E-state index contributed by atoms with van der Waals surface area (Å²) >= 11 is 0. The van der Waals surface area contributed by atoms with Gasteiger partial charge >= 0.3 is 5.63 Å². The van der Waals surface area contributed by atoms with E-state index < -0.39 is 23.5 Å². The minimum Gasteiger partial charge on any atom is -0.422 e. The predicted octanol–water partition coefficient (Wildman–Crippen LogP) is 6.50. The van der Waals surface area contributed by atoms with Gasteiger partial charge in [0, 0.05) is 43.2 Å². The van der Waals surface area contributed by atoms with Crippen molar-refractivity contribution in [1.82, 2.24) is 16.1 Å². The number of benzene rings is 1. The van der Waals surface area contributed by atoms with Gasteiger partial charge in [-0.05, 0) is 57.7 Å². The van der Waals surface area contributed by atoms with Gasteiger partial charge in [-0.15, -0.1) is 0 Å². The lowest BCUT2D eigenvalue weighted by molar-refractivity contribution is -0.123. The van der Waals surface area contributed by atoms with Crippen molar-refractivity contribution in [1.29, 1.82) is 0 Å². The first kappa shape index (κ1) is 38.8. The van der Waals surface area contributed by atoms with Gasteiger partial charge in [0.05, 0.1) is 0 Å². The molecule has 0 saturated carbocycles. The quantitative estimate of drug-likeness (QED) is 0.0318. The van der Waals surface area contributed by atoms with Crippen LogP contribution in [-0.2, 0) is 9.59 Å². The Morgan fingerprint density at radius 1 is 0.804 bits per heavy atom. The number of anilines is 1. The summed E-state index contributed by atoms with van der Waals surface area (Å²) in [6.45, 7) is 8.45. The number of unbranched alkanes of at least 4 members (excludes halogenated alkanes) is 13. The molecule has 1 aromatic heterocycles. The average Bonchev–Trinajstić information content (AvgIpc) is 3.05. The third-order valence-corrected chi connectivity index (χ3v) is 8.61. The summed E-state index contributed by atoms with van der Waals surface area (Å²) in [5.74, 6) is 4.13. The molecule has 1 atom stereocenters. The van der Waals surface area contributed by atoms with Gasteiger partial charge in [0.15, 0.2) is 0 Å². The Labute approximate surface area is 275 Å². The number of nitrogens with zero attached hydrogens (tertiary/aromatic N) is 1. The van der Waals surface area contributed by atoms with Gasteiger partial charge in [0.25, 0.3) is 11.8 Å². The van der Waals surface area contributed by atoms with Crippen LogP contribution in [0.2, 0.25) is 0 Å². The number of carbonyl (C=O) groups is 3. The van der Waals surface area contributed by atoms with E-state index in [1.807, 2.05) is 19.9 Å². The van der Waals surface area contributed by atoms with Gasteiger partial charge in [0.2, 0.25) is 5.91 Å². The summed E-state index contributed by atoms with van der Waals surface area (Å²) in [4.78, 5) is 52.4. The first-order chi connectivity index (χ1) is 22.3. The summed E-state index contributed by atoms with van der Waals surface area (Å²) in [6, 6.07) is 6.06. The lowest BCUT2D eigenvalue weighted by atomic mass is 10.0. The molecule has 0 bridgehead atoms. The molecule has 1 heterocycles. The maximum absolute atomic E-state index is 13.0. The zero-order valence-electron chi connectivity index (χ0n) is 28.6. The van der Waals surface area contributed by atoms with Crippen LogP contribution in [0.25, 0.3) is 11.0 Å². The van der Waals surface area contributed by atoms with Crippen LogP contribution >= 0.6 is 0 Å². The van der Waals surface area contributed by atoms with Crippen molar-refractivity contribution in [2.45, 2.75) is 136 Å². The van der Waals surface area contributed by atoms with Gasteiger partial charge in [0.1, 0.15) is 17.2 Å². The maximum Gasteiger partial charge on any atom is 0.349 e. The van der Waals surface area contributed by atoms with Crippen molar-refractivity contribution >= 4 is 34.4 Å². The molecule has 0 aliphatic carbocycles. The number of hydrogen-bond acceptors (Lipinski definition) is 7. The molecule has 1 aromatic carbocycles. The van der Waals surface area contributed by atoms with E-state index in [9.17, 15) is 19.2 Å². The molecule has 1 unspecified atom stereocenters. The molecule has 3 amide bonds. The summed E-state index contributed by atoms with van der Waals surface area (Å²) in [5, 5.41) is 6.17. The first-order valence-corrected chi connectivity index (χ1v) is 17.7. The van der Waals surface area contributed by atoms with Crippen LogP contribution < -0.4 is 32.4 Å². The fourth-order valence-electron chi connectivity index (χ4n) is 5.74. The molecule has 0 radical (unpaired) electrons. The van der Waals surface area contributed by atoms with E-state index in [1.54, 1.807) is 12.1 Å². The second kappa shape index (κ2) is 23.0. The van der Waals surface area contributed by atoms with Gasteiger partial charge < -0.3 is 20.0 Å². The van der Waals surface area contributed by atoms with Crippen molar-refractivity contribution in [3.05, 3.63) is 40.2 Å². The summed E-state index contributed by atoms with van der Waals surface area (Å²) < 4.78 is 5.47. The molecule has 0 fully saturated rings. The van der Waals surface area contributed by atoms with Crippen molar-refractivity contribution < 1.29 is 18.8 Å². The zero-order chi connectivity index (χ0) is 33.6. The van der Waals surface area contributed by atoms with Gasteiger partial charge in [-0.2, -0.15) is 0 Å². The highest BCUT2D eigenvalue weighted by atomic mass is 16.4. The second-order valence-corrected chi connectivity index (χ2v) is 12.2. The molecule has 0 spiro atoms. The highest BCUT2D eigenvalue weighted by Crippen LogP contribution is 2.22. The third kappa shape index (κ3) is 14.4. The highest BCUT2D eigenvalue weighted by molar-refractivity contribution is 5.99. The monoisotopic (exact) mass is 641 g/mol. The van der Waals surface area contributed by atoms with Crippen LogP contribution in [0.4, 0.5) is 5.69 Å². The number of hydrogen-bond donors (Lipinski definition) is 4. The molecule has 2 aromatic rings. The van der Waals surface area contributed by atoms with E-state index in [0.29, 0.717) is 43.2 Å². The molecule has 5 N–H and O–H groups in total. The Balaban J connectivity index is 1.67. The smallest absolute Gasteiger partial charge is 0.349 e. The van der Waals surface area contributed by atoms with Crippen molar-refractivity contribution in [3.63, 3.8) is 0 Å². The molecular formula is C36H59N5O5. The van der Waals surface area contributed by atoms with E-state index in [1.165, 1.54) is 76.7 Å². The van der Waals surface area contributed by atoms with Crippen LogP contribution in [0.15, 0.2) is 33.5 Å². The van der Waals surface area contributed by atoms with E-state index in [2.05, 4.69) is 27.9 Å². The van der Waals surface area contributed by atoms with Crippen molar-refractivity contribution in [2.24, 2.45) is 5.84 Å². The highest BCUT2D eigenvalue weighted by Gasteiger charge is 2.23. The van der Waals surface area contributed by atoms with E-state index >= 15 is 0 Å². The van der Waals surface area contributed by atoms with Gasteiger partial charge in [-0.25, -0.2) is 10.6 Å². The molecule has 258 valence electrons. The number of amides is 3. The Morgan fingerprint density at radius 3 is 2.00 bits per heavy atom. The van der Waals surface area contributed by atoms with Gasteiger partial charge in [-0.1, -0.05) is 84.0 Å². The Morgan fingerprint density at radius 2 is 1.41 bits per heavy atom. The molecular weight excluding hydrogens is 582 g/mol. The predicted molar refractivity (Wildman–Crippen MR) is 187 cm³/mol.